The van der Waals surface area contributed by atoms with Gasteiger partial charge in [-0.15, -0.1) is 21.6 Å². The van der Waals surface area contributed by atoms with Crippen molar-refractivity contribution in [2.45, 2.75) is 83.1 Å². The fraction of sp³-hybridized carbons (Fsp3) is 0.348. The lowest BCUT2D eigenvalue weighted by Crippen LogP contribution is -2.28. The number of hydrogen-bond acceptors (Lipinski definition) is 7. The number of hydrogen-bond donors (Lipinski definition) is 0. The Bertz CT molecular complexity index is 2130. The van der Waals surface area contributed by atoms with Gasteiger partial charge < -0.3 is 0 Å². The fourth-order valence-electron chi connectivity index (χ4n) is 6.26. The first kappa shape index (κ1) is 44.4. The summed E-state index contributed by atoms with van der Waals surface area (Å²) in [6.07, 6.45) is 7.67. The Morgan fingerprint density at radius 2 is 0.719 bits per heavy atom. The van der Waals surface area contributed by atoms with Crippen LogP contribution in [0, 0.1) is 21.7 Å². The summed E-state index contributed by atoms with van der Waals surface area (Å²) < 4.78 is 0. The molecule has 0 fully saturated rings. The molecular weight excluding hydrogens is 814 g/mol. The molecular formula is C46H48Cl4N4O2S. The average molecular weight is 863 g/mol. The van der Waals surface area contributed by atoms with Gasteiger partial charge in [0.15, 0.2) is 11.6 Å². The molecule has 1 heterocycles. The fourth-order valence-corrected chi connectivity index (χ4v) is 8.31. The monoisotopic (exact) mass is 860 g/mol. The first-order chi connectivity index (χ1) is 26.2. The second-order valence-corrected chi connectivity index (χ2v) is 21.1. The molecule has 0 bridgehead atoms. The van der Waals surface area contributed by atoms with Crippen molar-refractivity contribution < 1.29 is 9.59 Å². The van der Waals surface area contributed by atoms with Gasteiger partial charge in [-0.2, -0.15) is 10.2 Å². The molecule has 2 aliphatic carbocycles. The summed E-state index contributed by atoms with van der Waals surface area (Å²) in [5.41, 5.74) is 4.34. The molecule has 0 amide bonds. The number of Topliss-reactive ketones (excluding diaryl/α,β-unsaturated/α-hetero) is 2. The van der Waals surface area contributed by atoms with Crippen molar-refractivity contribution in [3.63, 3.8) is 0 Å². The van der Waals surface area contributed by atoms with Crippen LogP contribution in [0.15, 0.2) is 127 Å². The first-order valence-electron chi connectivity index (χ1n) is 18.6. The average Bonchev–Trinajstić information content (AvgIpc) is 3.52. The number of azo groups is 2. The minimum absolute atomic E-state index is 0.00630. The number of ketones is 2. The van der Waals surface area contributed by atoms with Crippen molar-refractivity contribution in [3.05, 3.63) is 136 Å². The highest BCUT2D eigenvalue weighted by molar-refractivity contribution is 7.14. The molecule has 6 nitrogen and oxygen atoms in total. The van der Waals surface area contributed by atoms with Crippen LogP contribution in [-0.4, -0.2) is 11.6 Å². The summed E-state index contributed by atoms with van der Waals surface area (Å²) in [6, 6.07) is 13.9. The number of halogens is 4. The van der Waals surface area contributed by atoms with Gasteiger partial charge in [0, 0.05) is 53.5 Å². The Morgan fingerprint density at radius 3 is 0.965 bits per heavy atom. The Labute approximate surface area is 360 Å². The third-order valence-electron chi connectivity index (χ3n) is 9.26. The molecule has 2 aromatic carbocycles. The van der Waals surface area contributed by atoms with Gasteiger partial charge in [-0.3, -0.25) is 9.59 Å². The minimum atomic E-state index is -0.454. The molecule has 57 heavy (non-hydrogen) atoms. The minimum Gasteiger partial charge on any atom is -0.289 e. The van der Waals surface area contributed by atoms with Crippen molar-refractivity contribution in [1.29, 1.82) is 0 Å². The van der Waals surface area contributed by atoms with Crippen LogP contribution in [-0.2, 0) is 9.59 Å². The van der Waals surface area contributed by atoms with Gasteiger partial charge in [-0.1, -0.05) is 129 Å². The van der Waals surface area contributed by atoms with Gasteiger partial charge >= 0.3 is 0 Å². The Hall–Kier alpha value is -3.72. The largest absolute Gasteiger partial charge is 0.289 e. The molecule has 2 aliphatic rings. The number of allylic oxidation sites excluding steroid dienone is 10. The van der Waals surface area contributed by atoms with Crippen molar-refractivity contribution >= 4 is 92.1 Å². The smallest absolute Gasteiger partial charge is 0.186 e. The van der Waals surface area contributed by atoms with Gasteiger partial charge in [0.25, 0.3) is 0 Å². The van der Waals surface area contributed by atoms with Crippen LogP contribution in [0.5, 0.6) is 0 Å². The normalized spacial score (nSPS) is 16.0. The summed E-state index contributed by atoms with van der Waals surface area (Å²) in [4.78, 5) is 29.5. The molecule has 0 unspecified atom stereocenters. The zero-order valence-corrected chi connectivity index (χ0v) is 38.3. The maximum absolute atomic E-state index is 14.0. The molecule has 0 saturated heterocycles. The summed E-state index contributed by atoms with van der Waals surface area (Å²) in [7, 11) is 0. The molecule has 5 rings (SSSR count). The lowest BCUT2D eigenvalue weighted by atomic mass is 9.71. The lowest BCUT2D eigenvalue weighted by Gasteiger charge is -2.31. The van der Waals surface area contributed by atoms with Crippen molar-refractivity contribution in [2.24, 2.45) is 42.1 Å². The van der Waals surface area contributed by atoms with Crippen molar-refractivity contribution in [1.82, 2.24) is 0 Å². The van der Waals surface area contributed by atoms with Crippen LogP contribution in [0.2, 0.25) is 20.1 Å². The Morgan fingerprint density at radius 1 is 0.456 bits per heavy atom. The maximum atomic E-state index is 14.0. The number of carbonyl (C=O) groups is 2. The van der Waals surface area contributed by atoms with E-state index in [4.69, 9.17) is 56.6 Å². The predicted octanol–water partition coefficient (Wildman–Crippen LogP) is 16.4. The van der Waals surface area contributed by atoms with E-state index < -0.39 is 21.7 Å². The van der Waals surface area contributed by atoms with Gasteiger partial charge in [-0.25, -0.2) is 0 Å². The number of thiophene rings is 1. The third-order valence-corrected chi connectivity index (χ3v) is 11.2. The molecule has 0 N–H and O–H groups in total. The van der Waals surface area contributed by atoms with Crippen LogP contribution in [0.3, 0.4) is 0 Å². The second-order valence-electron chi connectivity index (χ2n) is 18.3. The SMILES string of the molecule is CC(C)(C)C1=CC(=C(/N=N/c2cc(Cl)cc(Cl)c2)c2ccc(C(/N=N/c3cc(Cl)cc(Cl)c3)=C3C=C(C(C)(C)C)C(=O)C(C(C)(C)C)=C3)s2)C=C(C(C)(C)C)C1=O. The van der Waals surface area contributed by atoms with E-state index in [-0.39, 0.29) is 11.6 Å². The summed E-state index contributed by atoms with van der Waals surface area (Å²) >= 11 is 26.9. The topological polar surface area (TPSA) is 83.6 Å². The van der Waals surface area contributed by atoms with Crippen LogP contribution in [0.4, 0.5) is 11.4 Å². The van der Waals surface area contributed by atoms with Crippen molar-refractivity contribution in [2.75, 3.05) is 0 Å². The highest BCUT2D eigenvalue weighted by atomic mass is 35.5. The van der Waals surface area contributed by atoms with Crippen molar-refractivity contribution in [3.8, 4) is 0 Å². The second kappa shape index (κ2) is 16.5. The summed E-state index contributed by atoms with van der Waals surface area (Å²) in [5.74, 6) is 0.0126. The zero-order chi connectivity index (χ0) is 42.4. The van der Waals surface area contributed by atoms with Crippen LogP contribution >= 0.6 is 57.7 Å². The van der Waals surface area contributed by atoms with Gasteiger partial charge in [0.2, 0.25) is 0 Å². The number of benzene rings is 2. The molecule has 0 aliphatic heterocycles. The van der Waals surface area contributed by atoms with E-state index in [1.165, 1.54) is 11.3 Å². The first-order valence-corrected chi connectivity index (χ1v) is 20.9. The third kappa shape index (κ3) is 10.7. The molecule has 0 spiro atoms. The highest BCUT2D eigenvalue weighted by Gasteiger charge is 2.36. The molecule has 0 saturated carbocycles. The molecule has 298 valence electrons. The maximum Gasteiger partial charge on any atom is 0.186 e. The van der Waals surface area contributed by atoms with E-state index in [9.17, 15) is 9.59 Å². The number of carbonyl (C=O) groups excluding carboxylic acids is 2. The van der Waals surface area contributed by atoms with Gasteiger partial charge in [-0.05, 0) is 94.5 Å². The molecule has 0 atom stereocenters. The molecule has 1 aromatic heterocycles. The quantitative estimate of drug-likeness (QED) is 0.231. The van der Waals surface area contributed by atoms with E-state index in [1.807, 2.05) is 120 Å². The van der Waals surface area contributed by atoms with E-state index >= 15 is 0 Å². The standard InChI is InChI=1S/C46H48Cl4N4O2S/c1-43(2,3)33-15-25(16-34(41(33)55)44(4,5)6)39(53-51-31-21-27(47)19-28(48)22-31)37-13-14-38(57-37)40(54-52-32-23-29(49)20-30(50)24-32)26-17-35(45(7,8)9)42(56)36(18-26)46(10,11)12/h13-24H,1-12H3/b53-51+,54-52+. The van der Waals surface area contributed by atoms with Gasteiger partial charge in [0.1, 0.15) is 11.4 Å². The zero-order valence-electron chi connectivity index (χ0n) is 34.5. The lowest BCUT2D eigenvalue weighted by molar-refractivity contribution is -0.114. The van der Waals surface area contributed by atoms with E-state index in [0.717, 1.165) is 20.9 Å². The molecule has 3 aromatic rings. The van der Waals surface area contributed by atoms with E-state index in [0.29, 0.717) is 65.2 Å². The Kier molecular flexibility index (Phi) is 12.8. The van der Waals surface area contributed by atoms with E-state index in [2.05, 4.69) is 10.2 Å². The van der Waals surface area contributed by atoms with E-state index in [1.54, 1.807) is 36.4 Å². The summed E-state index contributed by atoms with van der Waals surface area (Å²) in [5, 5.41) is 20.7. The molecule has 11 heteroatoms. The number of rotatable bonds is 6. The number of nitrogens with zero attached hydrogens (tertiary/aromatic N) is 4. The Balaban J connectivity index is 1.85. The highest BCUT2D eigenvalue weighted by Crippen LogP contribution is 2.45. The van der Waals surface area contributed by atoms with Gasteiger partial charge in [0.05, 0.1) is 21.1 Å². The predicted molar refractivity (Wildman–Crippen MR) is 240 cm³/mol. The summed E-state index contributed by atoms with van der Waals surface area (Å²) in [6.45, 7) is 24.4. The van der Waals surface area contributed by atoms with Crippen LogP contribution in [0.1, 0.15) is 92.8 Å². The molecule has 0 radical (unpaired) electrons. The van der Waals surface area contributed by atoms with Crippen LogP contribution in [0.25, 0.3) is 11.4 Å². The van der Waals surface area contributed by atoms with Crippen LogP contribution < -0.4 is 0 Å².